The van der Waals surface area contributed by atoms with Crippen LogP contribution in [0.3, 0.4) is 0 Å². The van der Waals surface area contributed by atoms with Crippen LogP contribution in [0.15, 0.2) is 47.5 Å². The second kappa shape index (κ2) is 4.14. The summed E-state index contributed by atoms with van der Waals surface area (Å²) in [5, 5.41) is 3.84. The first-order valence-electron chi connectivity index (χ1n) is 5.83. The van der Waals surface area contributed by atoms with Gasteiger partial charge in [-0.05, 0) is 36.2 Å². The van der Waals surface area contributed by atoms with Crippen molar-refractivity contribution >= 4 is 10.9 Å². The number of para-hydroxylation sites is 1. The Kier molecular flexibility index (Phi) is 2.48. The Hall–Kier alpha value is -2.36. The molecule has 0 saturated carbocycles. The van der Waals surface area contributed by atoms with Crippen molar-refractivity contribution in [2.45, 2.75) is 13.5 Å². The smallest absolute Gasteiger partial charge is 0.274 e. The molecule has 2 aromatic heterocycles. The van der Waals surface area contributed by atoms with E-state index in [9.17, 15) is 4.79 Å². The fraction of sp³-hybridized carbons (Fsp3) is 0.143. The number of hydrogen-bond acceptors (Lipinski definition) is 2. The molecule has 18 heavy (non-hydrogen) atoms. The molecule has 0 aliphatic rings. The third-order valence-electron chi connectivity index (χ3n) is 3.13. The van der Waals surface area contributed by atoms with Crippen LogP contribution in [0.1, 0.15) is 11.1 Å². The fourth-order valence-electron chi connectivity index (χ4n) is 2.05. The minimum absolute atomic E-state index is 0.00820. The van der Waals surface area contributed by atoms with Crippen molar-refractivity contribution < 1.29 is 0 Å². The normalized spacial score (nSPS) is 10.9. The molecule has 0 unspecified atom stereocenters. The lowest BCUT2D eigenvalue weighted by molar-refractivity contribution is 0.667. The van der Waals surface area contributed by atoms with E-state index >= 15 is 0 Å². The fourth-order valence-corrected chi connectivity index (χ4v) is 2.05. The zero-order valence-corrected chi connectivity index (χ0v) is 10.1. The number of aromatic amines is 1. The molecule has 0 radical (unpaired) electrons. The van der Waals surface area contributed by atoms with E-state index in [0.717, 1.165) is 22.0 Å². The van der Waals surface area contributed by atoms with Crippen molar-refractivity contribution in [1.29, 1.82) is 0 Å². The van der Waals surface area contributed by atoms with Crippen LogP contribution < -0.4 is 5.56 Å². The lowest BCUT2D eigenvalue weighted by Gasteiger charge is -2.04. The zero-order valence-electron chi connectivity index (χ0n) is 10.1. The molecule has 0 aliphatic heterocycles. The Morgan fingerprint density at radius 3 is 2.89 bits per heavy atom. The maximum atomic E-state index is 12.2. The van der Waals surface area contributed by atoms with E-state index < -0.39 is 0 Å². The largest absolute Gasteiger partial charge is 0.295 e. The van der Waals surface area contributed by atoms with Gasteiger partial charge >= 0.3 is 0 Å². The zero-order chi connectivity index (χ0) is 12.5. The van der Waals surface area contributed by atoms with Gasteiger partial charge in [0.15, 0.2) is 0 Å². The number of fused-ring (bicyclic) bond motifs is 1. The van der Waals surface area contributed by atoms with E-state index in [-0.39, 0.29) is 5.56 Å². The predicted molar refractivity (Wildman–Crippen MR) is 70.6 cm³/mol. The SMILES string of the molecule is Cc1ccncc1Cn1[nH]c2ccccc2c1=O. The van der Waals surface area contributed by atoms with Gasteiger partial charge in [0, 0.05) is 12.4 Å². The second-order valence-corrected chi connectivity index (χ2v) is 4.35. The van der Waals surface area contributed by atoms with E-state index in [2.05, 4.69) is 10.1 Å². The quantitative estimate of drug-likeness (QED) is 0.744. The van der Waals surface area contributed by atoms with Gasteiger partial charge < -0.3 is 0 Å². The highest BCUT2D eigenvalue weighted by molar-refractivity contribution is 5.77. The summed E-state index contributed by atoms with van der Waals surface area (Å²) < 4.78 is 1.62. The summed E-state index contributed by atoms with van der Waals surface area (Å²) in [6.45, 7) is 2.54. The summed E-state index contributed by atoms with van der Waals surface area (Å²) in [6, 6.07) is 9.47. The van der Waals surface area contributed by atoms with E-state index in [1.54, 1.807) is 17.1 Å². The van der Waals surface area contributed by atoms with Crippen molar-refractivity contribution in [2.75, 3.05) is 0 Å². The molecule has 2 heterocycles. The van der Waals surface area contributed by atoms with Crippen LogP contribution in [0.5, 0.6) is 0 Å². The number of nitrogens with zero attached hydrogens (tertiary/aromatic N) is 2. The molecular formula is C14H13N3O. The third kappa shape index (κ3) is 1.72. The van der Waals surface area contributed by atoms with Gasteiger partial charge in [-0.1, -0.05) is 12.1 Å². The van der Waals surface area contributed by atoms with Gasteiger partial charge in [-0.15, -0.1) is 0 Å². The number of nitrogens with one attached hydrogen (secondary N) is 1. The van der Waals surface area contributed by atoms with Crippen molar-refractivity contribution in [3.63, 3.8) is 0 Å². The number of hydrogen-bond donors (Lipinski definition) is 1. The first kappa shape index (κ1) is 10.8. The average molecular weight is 239 g/mol. The van der Waals surface area contributed by atoms with Crippen LogP contribution in [-0.4, -0.2) is 14.8 Å². The van der Waals surface area contributed by atoms with Gasteiger partial charge in [-0.2, -0.15) is 0 Å². The molecule has 3 aromatic rings. The highest BCUT2D eigenvalue weighted by Crippen LogP contribution is 2.09. The van der Waals surface area contributed by atoms with Crippen LogP contribution >= 0.6 is 0 Å². The number of rotatable bonds is 2. The monoisotopic (exact) mass is 239 g/mol. The molecule has 0 atom stereocenters. The highest BCUT2D eigenvalue weighted by atomic mass is 16.1. The highest BCUT2D eigenvalue weighted by Gasteiger charge is 2.07. The summed E-state index contributed by atoms with van der Waals surface area (Å²) in [4.78, 5) is 16.3. The number of pyridine rings is 1. The maximum absolute atomic E-state index is 12.2. The van der Waals surface area contributed by atoms with E-state index in [4.69, 9.17) is 0 Å². The summed E-state index contributed by atoms with van der Waals surface area (Å²) in [6.07, 6.45) is 3.56. The summed E-state index contributed by atoms with van der Waals surface area (Å²) in [7, 11) is 0. The number of H-pyrrole nitrogens is 1. The van der Waals surface area contributed by atoms with Gasteiger partial charge in [0.25, 0.3) is 5.56 Å². The average Bonchev–Trinajstić information content (AvgIpc) is 2.70. The molecule has 0 saturated heterocycles. The van der Waals surface area contributed by atoms with E-state index in [0.29, 0.717) is 6.54 Å². The van der Waals surface area contributed by atoms with E-state index in [1.165, 1.54) is 0 Å². The number of aromatic nitrogens is 3. The Morgan fingerprint density at radius 1 is 1.28 bits per heavy atom. The van der Waals surface area contributed by atoms with Gasteiger partial charge in [-0.3, -0.25) is 14.9 Å². The molecule has 0 amide bonds. The van der Waals surface area contributed by atoms with Crippen LogP contribution in [0.2, 0.25) is 0 Å². The molecule has 4 nitrogen and oxygen atoms in total. The molecule has 1 N–H and O–H groups in total. The second-order valence-electron chi connectivity index (χ2n) is 4.35. The summed E-state index contributed by atoms with van der Waals surface area (Å²) >= 11 is 0. The third-order valence-corrected chi connectivity index (χ3v) is 3.13. The standard InChI is InChI=1S/C14H13N3O/c1-10-6-7-15-8-11(10)9-17-14(18)12-4-2-3-5-13(12)16-17/h2-8,16H,9H2,1H3. The van der Waals surface area contributed by atoms with Gasteiger partial charge in [0.2, 0.25) is 0 Å². The minimum atomic E-state index is 0.00820. The molecule has 90 valence electrons. The van der Waals surface area contributed by atoms with Crippen LogP contribution in [0, 0.1) is 6.92 Å². The van der Waals surface area contributed by atoms with Crippen molar-refractivity contribution in [2.24, 2.45) is 0 Å². The van der Waals surface area contributed by atoms with Gasteiger partial charge in [-0.25, -0.2) is 4.68 Å². The Labute approximate surface area is 104 Å². The van der Waals surface area contributed by atoms with Gasteiger partial charge in [0.05, 0.1) is 17.4 Å². The molecule has 0 aliphatic carbocycles. The molecule has 3 rings (SSSR count). The van der Waals surface area contributed by atoms with Crippen LogP contribution in [0.25, 0.3) is 10.9 Å². The summed E-state index contributed by atoms with van der Waals surface area (Å²) in [5.74, 6) is 0. The molecule has 0 spiro atoms. The molecule has 0 bridgehead atoms. The van der Waals surface area contributed by atoms with Crippen molar-refractivity contribution in [3.8, 4) is 0 Å². The number of aryl methyl sites for hydroxylation is 1. The first-order chi connectivity index (χ1) is 8.75. The van der Waals surface area contributed by atoms with Crippen LogP contribution in [0.4, 0.5) is 0 Å². The lowest BCUT2D eigenvalue weighted by atomic mass is 10.2. The predicted octanol–water partition coefficient (Wildman–Crippen LogP) is 2.08. The van der Waals surface area contributed by atoms with Crippen molar-refractivity contribution in [1.82, 2.24) is 14.8 Å². The molecular weight excluding hydrogens is 226 g/mol. The number of benzene rings is 1. The van der Waals surface area contributed by atoms with Gasteiger partial charge in [0.1, 0.15) is 0 Å². The maximum Gasteiger partial charge on any atom is 0.274 e. The minimum Gasteiger partial charge on any atom is -0.295 e. The molecule has 1 aromatic carbocycles. The van der Waals surface area contributed by atoms with Crippen molar-refractivity contribution in [3.05, 3.63) is 64.2 Å². The summed E-state index contributed by atoms with van der Waals surface area (Å²) in [5.41, 5.74) is 3.06. The lowest BCUT2D eigenvalue weighted by Crippen LogP contribution is -2.17. The first-order valence-corrected chi connectivity index (χ1v) is 5.83. The van der Waals surface area contributed by atoms with E-state index in [1.807, 2.05) is 37.3 Å². The Balaban J connectivity index is 2.09. The molecule has 4 heteroatoms. The Morgan fingerprint density at radius 2 is 2.11 bits per heavy atom. The van der Waals surface area contributed by atoms with Crippen LogP contribution in [-0.2, 0) is 6.54 Å². The molecule has 0 fully saturated rings. The Bertz CT molecular complexity index is 755. The topological polar surface area (TPSA) is 50.7 Å².